The highest BCUT2D eigenvalue weighted by Crippen LogP contribution is 2.65. The Labute approximate surface area is 205 Å². The lowest BCUT2D eigenvalue weighted by Gasteiger charge is -2.53. The largest absolute Gasteiger partial charge is 0.373 e. The summed E-state index contributed by atoms with van der Waals surface area (Å²) in [7, 11) is -1.90. The Morgan fingerprint density at radius 1 is 1.06 bits per heavy atom. The lowest BCUT2D eigenvalue weighted by atomic mass is 9.51. The van der Waals surface area contributed by atoms with Gasteiger partial charge in [-0.25, -0.2) is 0 Å². The number of fused-ring (bicyclic) bond motifs is 5. The van der Waals surface area contributed by atoms with Crippen LogP contribution in [0.5, 0.6) is 0 Å². The number of hydrogen-bond acceptors (Lipinski definition) is 1. The molecule has 0 amide bonds. The van der Waals surface area contributed by atoms with Gasteiger partial charge in [0.1, 0.15) is 8.07 Å². The van der Waals surface area contributed by atoms with Crippen molar-refractivity contribution in [3.63, 3.8) is 0 Å². The van der Waals surface area contributed by atoms with E-state index in [-0.39, 0.29) is 5.41 Å². The minimum absolute atomic E-state index is 0.172. The van der Waals surface area contributed by atoms with Crippen molar-refractivity contribution in [1.29, 1.82) is 0 Å². The summed E-state index contributed by atoms with van der Waals surface area (Å²) >= 11 is 0. The number of hydrogen-bond donors (Lipinski definition) is 1. The molecule has 0 aliphatic heterocycles. The molecule has 0 heterocycles. The van der Waals surface area contributed by atoms with Gasteiger partial charge in [0.15, 0.2) is 5.60 Å². The van der Waals surface area contributed by atoms with Crippen LogP contribution in [0.1, 0.15) is 93.9 Å². The third kappa shape index (κ3) is 3.60. The predicted octanol–water partition coefficient (Wildman–Crippen LogP) is 8.23. The van der Waals surface area contributed by atoms with E-state index in [0.29, 0.717) is 28.5 Å². The van der Waals surface area contributed by atoms with Crippen molar-refractivity contribution in [3.05, 3.63) is 35.5 Å². The monoisotopic (exact) mass is 464 g/mol. The Morgan fingerprint density at radius 2 is 1.70 bits per heavy atom. The predicted molar refractivity (Wildman–Crippen MR) is 145 cm³/mol. The summed E-state index contributed by atoms with van der Waals surface area (Å²) in [6.45, 7) is 23.3. The van der Waals surface area contributed by atoms with Crippen molar-refractivity contribution >= 4 is 8.07 Å². The van der Waals surface area contributed by atoms with Crippen LogP contribution in [0.25, 0.3) is 0 Å². The average molecular weight is 465 g/mol. The maximum absolute atomic E-state index is 12.3. The van der Waals surface area contributed by atoms with Crippen LogP contribution in [0, 0.1) is 40.6 Å². The minimum atomic E-state index is -1.90. The van der Waals surface area contributed by atoms with Crippen LogP contribution in [-0.4, -0.2) is 18.8 Å². The lowest BCUT2D eigenvalue weighted by Crippen LogP contribution is -2.52. The van der Waals surface area contributed by atoms with Gasteiger partial charge in [0.05, 0.1) is 0 Å². The molecule has 0 saturated heterocycles. The van der Waals surface area contributed by atoms with E-state index in [1.807, 2.05) is 0 Å². The first-order chi connectivity index (χ1) is 15.4. The third-order valence-electron chi connectivity index (χ3n) is 10.8. The van der Waals surface area contributed by atoms with Crippen molar-refractivity contribution in [2.24, 2.45) is 29.1 Å². The van der Waals surface area contributed by atoms with Gasteiger partial charge >= 0.3 is 0 Å². The Kier molecular flexibility index (Phi) is 6.50. The Hall–Kier alpha value is -1.04. The average Bonchev–Trinajstić information content (AvgIpc) is 2.93. The highest BCUT2D eigenvalue weighted by molar-refractivity contribution is 6.90. The van der Waals surface area contributed by atoms with Gasteiger partial charge in [-0.05, 0) is 96.9 Å². The van der Waals surface area contributed by atoms with Gasteiger partial charge in [-0.3, -0.25) is 0 Å². The molecule has 4 aliphatic carbocycles. The molecular weight excluding hydrogens is 416 g/mol. The normalized spacial score (nSPS) is 38.4. The molecule has 0 unspecified atom stereocenters. The molecule has 0 aromatic heterocycles. The molecule has 6 atom stereocenters. The van der Waals surface area contributed by atoms with Crippen molar-refractivity contribution in [3.8, 4) is 11.5 Å². The van der Waals surface area contributed by atoms with Crippen LogP contribution in [0.3, 0.4) is 0 Å². The quantitative estimate of drug-likeness (QED) is 0.253. The van der Waals surface area contributed by atoms with Gasteiger partial charge in [-0.1, -0.05) is 78.7 Å². The summed E-state index contributed by atoms with van der Waals surface area (Å²) < 4.78 is 0. The smallest absolute Gasteiger partial charge is 0.151 e. The van der Waals surface area contributed by atoms with Crippen molar-refractivity contribution in [1.82, 2.24) is 0 Å². The van der Waals surface area contributed by atoms with E-state index in [2.05, 4.69) is 85.6 Å². The fourth-order valence-corrected chi connectivity index (χ4v) is 14.2. The Balaban J connectivity index is 1.71. The topological polar surface area (TPSA) is 20.2 Å². The van der Waals surface area contributed by atoms with E-state index in [1.165, 1.54) is 25.7 Å². The van der Waals surface area contributed by atoms with Gasteiger partial charge in [-0.15, -0.1) is 5.54 Å². The highest BCUT2D eigenvalue weighted by Gasteiger charge is 2.63. The standard InChI is InChI=1S/C31H48OSi/c1-20(2)33(21(3)4,22(5)6)17-16-31(32)24(8)19-29-28-13-11-25-18-23(7)10-12-26(25)27(28)14-15-30(29,31)9/h11,18,20-22,26-29,32H,8,10,12-15,19H2,1-7,9H3/t26-,27+,28+,29-,30-,31-/m0/s1. The zero-order valence-electron chi connectivity index (χ0n) is 22.6. The highest BCUT2D eigenvalue weighted by atomic mass is 28.3. The van der Waals surface area contributed by atoms with Gasteiger partial charge in [-0.2, -0.15) is 0 Å². The Bertz CT molecular complexity index is 903. The second-order valence-corrected chi connectivity index (χ2v) is 18.7. The fourth-order valence-electron chi connectivity index (χ4n) is 8.94. The van der Waals surface area contributed by atoms with E-state index < -0.39 is 13.7 Å². The molecule has 4 aliphatic rings. The summed E-state index contributed by atoms with van der Waals surface area (Å²) in [6.07, 6.45) is 12.0. The number of aliphatic hydroxyl groups is 1. The second kappa shape index (κ2) is 8.56. The fraction of sp³-hybridized carbons (Fsp3) is 0.742. The molecule has 1 N–H and O–H groups in total. The van der Waals surface area contributed by atoms with Crippen molar-refractivity contribution in [2.75, 3.05) is 0 Å². The number of allylic oxidation sites excluding steroid dienone is 4. The summed E-state index contributed by atoms with van der Waals surface area (Å²) in [4.78, 5) is 0. The first-order valence-corrected chi connectivity index (χ1v) is 15.9. The van der Waals surface area contributed by atoms with E-state index in [0.717, 1.165) is 30.3 Å². The van der Waals surface area contributed by atoms with E-state index in [1.54, 1.807) is 11.1 Å². The summed E-state index contributed by atoms with van der Waals surface area (Å²) in [5.41, 5.74) is 8.56. The molecule has 0 spiro atoms. The lowest BCUT2D eigenvalue weighted by molar-refractivity contribution is -0.0714. The molecule has 2 fully saturated rings. The molecule has 0 aromatic rings. The van der Waals surface area contributed by atoms with Crippen LogP contribution in [0.2, 0.25) is 16.6 Å². The third-order valence-corrected chi connectivity index (χ3v) is 17.1. The molecular formula is C31H48OSi. The van der Waals surface area contributed by atoms with Crippen molar-refractivity contribution < 1.29 is 5.11 Å². The molecule has 0 bridgehead atoms. The van der Waals surface area contributed by atoms with Gasteiger partial charge in [0, 0.05) is 5.41 Å². The van der Waals surface area contributed by atoms with Gasteiger partial charge < -0.3 is 5.11 Å². The first-order valence-electron chi connectivity index (χ1n) is 13.7. The maximum atomic E-state index is 12.3. The van der Waals surface area contributed by atoms with Crippen LogP contribution in [-0.2, 0) is 0 Å². The summed E-state index contributed by atoms with van der Waals surface area (Å²) in [6, 6.07) is 0. The SMILES string of the molecule is C=C1C[C@H]2[C@@H]3CC=C4C=C(C)CC[C@@H]4[C@H]3CC[C@]2(C)[C@]1(O)C#C[Si](C(C)C)(C(C)C)C(C)C. The molecule has 2 heteroatoms. The first kappa shape index (κ1) is 25.1. The zero-order chi connectivity index (χ0) is 24.3. The van der Waals surface area contributed by atoms with Crippen LogP contribution in [0.4, 0.5) is 0 Å². The van der Waals surface area contributed by atoms with Crippen molar-refractivity contribution in [2.45, 2.75) is 116 Å². The second-order valence-electron chi connectivity index (χ2n) is 13.1. The molecule has 4 rings (SSSR count). The molecule has 1 nitrogen and oxygen atoms in total. The van der Waals surface area contributed by atoms with Crippen LogP contribution in [0.15, 0.2) is 35.5 Å². The van der Waals surface area contributed by atoms with E-state index in [9.17, 15) is 5.11 Å². The Morgan fingerprint density at radius 3 is 2.30 bits per heavy atom. The molecule has 0 aromatic carbocycles. The summed E-state index contributed by atoms with van der Waals surface area (Å²) in [5, 5.41) is 12.3. The molecule has 2 saturated carbocycles. The van der Waals surface area contributed by atoms with Gasteiger partial charge in [0.2, 0.25) is 0 Å². The number of rotatable bonds is 3. The maximum Gasteiger partial charge on any atom is 0.151 e. The van der Waals surface area contributed by atoms with Crippen LogP contribution < -0.4 is 0 Å². The minimum Gasteiger partial charge on any atom is -0.373 e. The molecule has 182 valence electrons. The van der Waals surface area contributed by atoms with E-state index in [4.69, 9.17) is 0 Å². The zero-order valence-corrected chi connectivity index (χ0v) is 23.6. The van der Waals surface area contributed by atoms with Gasteiger partial charge in [0.25, 0.3) is 0 Å². The van der Waals surface area contributed by atoms with E-state index >= 15 is 0 Å². The molecule has 0 radical (unpaired) electrons. The summed E-state index contributed by atoms with van der Waals surface area (Å²) in [5.74, 6) is 6.30. The van der Waals surface area contributed by atoms with Crippen LogP contribution >= 0.6 is 0 Å². The molecule has 33 heavy (non-hydrogen) atoms.